The summed E-state index contributed by atoms with van der Waals surface area (Å²) >= 11 is 0. The fourth-order valence-electron chi connectivity index (χ4n) is 2.58. The van der Waals surface area contributed by atoms with Crippen LogP contribution in [0.3, 0.4) is 0 Å². The van der Waals surface area contributed by atoms with E-state index < -0.39 is 0 Å². The first-order valence-electron chi connectivity index (χ1n) is 7.14. The molecule has 2 rings (SSSR count). The van der Waals surface area contributed by atoms with Crippen LogP contribution in [0.1, 0.15) is 44.8 Å². The minimum atomic E-state index is 0.110. The van der Waals surface area contributed by atoms with E-state index in [9.17, 15) is 4.79 Å². The van der Waals surface area contributed by atoms with Gasteiger partial charge in [-0.05, 0) is 25.2 Å². The molecule has 1 saturated heterocycles. The van der Waals surface area contributed by atoms with Gasteiger partial charge in [0.1, 0.15) is 0 Å². The molecule has 5 nitrogen and oxygen atoms in total. The summed E-state index contributed by atoms with van der Waals surface area (Å²) in [5.74, 6) is 2.51. The van der Waals surface area contributed by atoms with Crippen molar-refractivity contribution in [2.24, 2.45) is 11.8 Å². The monoisotopic (exact) mass is 265 g/mol. The minimum Gasteiger partial charge on any atom is -0.342 e. The van der Waals surface area contributed by atoms with Gasteiger partial charge in [0.2, 0.25) is 11.8 Å². The highest BCUT2D eigenvalue weighted by atomic mass is 16.5. The molecule has 1 aliphatic rings. The second kappa shape index (κ2) is 6.17. The number of amides is 1. The molecule has 1 aliphatic heterocycles. The van der Waals surface area contributed by atoms with Gasteiger partial charge in [0.25, 0.3) is 0 Å². The number of likely N-dealkylation sites (tertiary alicyclic amines) is 1. The van der Waals surface area contributed by atoms with Crippen molar-refractivity contribution in [3.05, 3.63) is 11.7 Å². The van der Waals surface area contributed by atoms with E-state index in [0.717, 1.165) is 44.6 Å². The van der Waals surface area contributed by atoms with Gasteiger partial charge in [0.05, 0.1) is 0 Å². The zero-order chi connectivity index (χ0) is 13.8. The summed E-state index contributed by atoms with van der Waals surface area (Å²) < 4.78 is 4.97. The molecule has 0 N–H and O–H groups in total. The van der Waals surface area contributed by atoms with Crippen LogP contribution in [0.2, 0.25) is 0 Å². The zero-order valence-corrected chi connectivity index (χ0v) is 12.1. The summed E-state index contributed by atoms with van der Waals surface area (Å²) in [6.45, 7) is 7.53. The first-order chi connectivity index (χ1) is 9.06. The molecule has 2 heterocycles. The Bertz CT molecular complexity index is 420. The van der Waals surface area contributed by atoms with E-state index in [4.69, 9.17) is 4.52 Å². The van der Waals surface area contributed by atoms with E-state index in [0.29, 0.717) is 11.8 Å². The predicted octanol–water partition coefficient (Wildman–Crippen LogP) is 2.21. The molecule has 5 heteroatoms. The molecule has 0 spiro atoms. The Labute approximate surface area is 114 Å². The quantitative estimate of drug-likeness (QED) is 0.837. The van der Waals surface area contributed by atoms with Crippen molar-refractivity contribution in [1.82, 2.24) is 15.0 Å². The number of nitrogens with zero attached hydrogens (tertiary/aromatic N) is 3. The van der Waals surface area contributed by atoms with E-state index in [1.165, 1.54) is 0 Å². The number of piperidine rings is 1. The normalized spacial score (nSPS) is 17.2. The summed E-state index contributed by atoms with van der Waals surface area (Å²) in [4.78, 5) is 18.1. The summed E-state index contributed by atoms with van der Waals surface area (Å²) in [5, 5.41) is 3.92. The number of rotatable bonds is 4. The molecule has 1 amide bonds. The summed E-state index contributed by atoms with van der Waals surface area (Å²) in [6, 6.07) is 0. The van der Waals surface area contributed by atoms with Crippen LogP contribution in [0.4, 0.5) is 0 Å². The SMILES string of the molecule is Cc1nc(CCC2CCN(C(=O)C(C)C)CC2)no1. The maximum absolute atomic E-state index is 11.9. The molecule has 1 fully saturated rings. The van der Waals surface area contributed by atoms with Gasteiger partial charge in [0, 0.05) is 32.4 Å². The number of aryl methyl sites for hydroxylation is 2. The van der Waals surface area contributed by atoms with Gasteiger partial charge >= 0.3 is 0 Å². The maximum Gasteiger partial charge on any atom is 0.225 e. The Morgan fingerprint density at radius 2 is 2.11 bits per heavy atom. The molecule has 1 aromatic heterocycles. The predicted molar refractivity (Wildman–Crippen MR) is 71.5 cm³/mol. The highest BCUT2D eigenvalue weighted by Crippen LogP contribution is 2.22. The summed E-state index contributed by atoms with van der Waals surface area (Å²) in [7, 11) is 0. The van der Waals surface area contributed by atoms with Crippen molar-refractivity contribution >= 4 is 5.91 Å². The average Bonchev–Trinajstić information content (AvgIpc) is 2.82. The molecular formula is C14H23N3O2. The van der Waals surface area contributed by atoms with E-state index in [1.54, 1.807) is 0 Å². The number of aromatic nitrogens is 2. The fourth-order valence-corrected chi connectivity index (χ4v) is 2.58. The molecule has 1 aromatic rings. The molecule has 0 saturated carbocycles. The van der Waals surface area contributed by atoms with Gasteiger partial charge < -0.3 is 9.42 Å². The summed E-state index contributed by atoms with van der Waals surface area (Å²) in [5.41, 5.74) is 0. The van der Waals surface area contributed by atoms with Gasteiger partial charge in [-0.2, -0.15) is 4.98 Å². The largest absolute Gasteiger partial charge is 0.342 e. The summed E-state index contributed by atoms with van der Waals surface area (Å²) in [6.07, 6.45) is 4.15. The van der Waals surface area contributed by atoms with Crippen LogP contribution in [0.25, 0.3) is 0 Å². The Morgan fingerprint density at radius 3 is 2.63 bits per heavy atom. The zero-order valence-electron chi connectivity index (χ0n) is 12.1. The van der Waals surface area contributed by atoms with Crippen LogP contribution in [-0.2, 0) is 11.2 Å². The molecule has 19 heavy (non-hydrogen) atoms. The molecule has 106 valence electrons. The third kappa shape index (κ3) is 3.78. The van der Waals surface area contributed by atoms with E-state index in [2.05, 4.69) is 10.1 Å². The lowest BCUT2D eigenvalue weighted by molar-refractivity contribution is -0.135. The molecular weight excluding hydrogens is 242 g/mol. The number of carbonyl (C=O) groups is 1. The topological polar surface area (TPSA) is 59.2 Å². The van der Waals surface area contributed by atoms with Crippen LogP contribution in [0.15, 0.2) is 4.52 Å². The van der Waals surface area contributed by atoms with E-state index in [1.807, 2.05) is 25.7 Å². The van der Waals surface area contributed by atoms with Crippen molar-refractivity contribution in [2.75, 3.05) is 13.1 Å². The van der Waals surface area contributed by atoms with Crippen molar-refractivity contribution in [1.29, 1.82) is 0 Å². The van der Waals surface area contributed by atoms with E-state index >= 15 is 0 Å². The van der Waals surface area contributed by atoms with Crippen molar-refractivity contribution in [3.8, 4) is 0 Å². The first kappa shape index (κ1) is 14.0. The highest BCUT2D eigenvalue weighted by molar-refractivity contribution is 5.78. The Hall–Kier alpha value is -1.39. The van der Waals surface area contributed by atoms with E-state index in [-0.39, 0.29) is 11.8 Å². The molecule has 0 aliphatic carbocycles. The number of carbonyl (C=O) groups excluding carboxylic acids is 1. The smallest absolute Gasteiger partial charge is 0.225 e. The molecule has 0 radical (unpaired) electrons. The molecule has 0 unspecified atom stereocenters. The fraction of sp³-hybridized carbons (Fsp3) is 0.786. The Balaban J connectivity index is 1.73. The lowest BCUT2D eigenvalue weighted by Gasteiger charge is -2.33. The van der Waals surface area contributed by atoms with Crippen LogP contribution in [-0.4, -0.2) is 34.0 Å². The molecule has 0 bridgehead atoms. The minimum absolute atomic E-state index is 0.110. The second-order valence-corrected chi connectivity index (χ2v) is 5.69. The lowest BCUT2D eigenvalue weighted by atomic mass is 9.91. The second-order valence-electron chi connectivity index (χ2n) is 5.69. The molecule has 0 atom stereocenters. The van der Waals surface area contributed by atoms with Crippen LogP contribution in [0.5, 0.6) is 0 Å². The van der Waals surface area contributed by atoms with Crippen LogP contribution in [0, 0.1) is 18.8 Å². The molecule has 0 aromatic carbocycles. The Morgan fingerprint density at radius 1 is 1.42 bits per heavy atom. The third-order valence-electron chi connectivity index (χ3n) is 3.77. The lowest BCUT2D eigenvalue weighted by Crippen LogP contribution is -2.40. The number of hydrogen-bond acceptors (Lipinski definition) is 4. The highest BCUT2D eigenvalue weighted by Gasteiger charge is 2.24. The maximum atomic E-state index is 11.9. The van der Waals surface area contributed by atoms with Gasteiger partial charge in [-0.1, -0.05) is 19.0 Å². The number of hydrogen-bond donors (Lipinski definition) is 0. The van der Waals surface area contributed by atoms with Crippen LogP contribution < -0.4 is 0 Å². The van der Waals surface area contributed by atoms with Gasteiger partial charge in [-0.3, -0.25) is 4.79 Å². The van der Waals surface area contributed by atoms with Gasteiger partial charge in [-0.15, -0.1) is 0 Å². The van der Waals surface area contributed by atoms with Gasteiger partial charge in [0.15, 0.2) is 5.82 Å². The van der Waals surface area contributed by atoms with Crippen molar-refractivity contribution in [3.63, 3.8) is 0 Å². The van der Waals surface area contributed by atoms with Crippen molar-refractivity contribution < 1.29 is 9.32 Å². The van der Waals surface area contributed by atoms with Crippen molar-refractivity contribution in [2.45, 2.75) is 46.5 Å². The third-order valence-corrected chi connectivity index (χ3v) is 3.77. The first-order valence-corrected chi connectivity index (χ1v) is 7.14. The Kier molecular flexibility index (Phi) is 4.56. The van der Waals surface area contributed by atoms with Gasteiger partial charge in [-0.25, -0.2) is 0 Å². The standard InChI is InChI=1S/C14H23N3O2/c1-10(2)14(18)17-8-6-12(7-9-17)4-5-13-15-11(3)19-16-13/h10,12H,4-9H2,1-3H3. The average molecular weight is 265 g/mol. The van der Waals surface area contributed by atoms with Crippen LogP contribution >= 0.6 is 0 Å².